The van der Waals surface area contributed by atoms with Crippen LogP contribution in [0.1, 0.15) is 15.9 Å². The first kappa shape index (κ1) is 14.8. The number of hydrogen-bond donors (Lipinski definition) is 1. The van der Waals surface area contributed by atoms with Gasteiger partial charge < -0.3 is 5.11 Å². The third kappa shape index (κ3) is 2.91. The molecule has 3 rings (SSSR count). The van der Waals surface area contributed by atoms with Crippen LogP contribution in [0.5, 0.6) is 5.75 Å². The summed E-state index contributed by atoms with van der Waals surface area (Å²) in [6, 6.07) is 11.8. The summed E-state index contributed by atoms with van der Waals surface area (Å²) in [5.74, 6) is -0.355. The minimum atomic E-state index is -0.293. The van der Waals surface area contributed by atoms with Crippen molar-refractivity contribution >= 4 is 33.3 Å². The van der Waals surface area contributed by atoms with Crippen molar-refractivity contribution in [2.24, 2.45) is 0 Å². The number of halogens is 2. The van der Waals surface area contributed by atoms with E-state index in [0.29, 0.717) is 10.6 Å². The largest absolute Gasteiger partial charge is 0.507 e. The molecule has 0 aliphatic rings. The normalized spacial score (nSPS) is 10.6. The van der Waals surface area contributed by atoms with E-state index in [-0.39, 0.29) is 17.1 Å². The molecule has 0 aliphatic heterocycles. The number of aromatic nitrogens is 2. The van der Waals surface area contributed by atoms with Crippen LogP contribution >= 0.6 is 27.5 Å². The Hall–Kier alpha value is -2.11. The molecule has 1 aromatic heterocycles. The summed E-state index contributed by atoms with van der Waals surface area (Å²) in [5, 5.41) is 14.6. The van der Waals surface area contributed by atoms with Crippen LogP contribution in [0.2, 0.25) is 5.02 Å². The number of nitrogens with zero attached hydrogens (tertiary/aromatic N) is 2. The van der Waals surface area contributed by atoms with Gasteiger partial charge in [0.1, 0.15) is 5.75 Å². The summed E-state index contributed by atoms with van der Waals surface area (Å²) in [7, 11) is 0. The summed E-state index contributed by atoms with van der Waals surface area (Å²) < 4.78 is 2.30. The SMILES string of the molecule is O=C(c1cnn(-c2ccc(Cl)cc2)c1)c1cc(Br)ccc1O. The highest BCUT2D eigenvalue weighted by Gasteiger charge is 2.16. The Morgan fingerprint density at radius 1 is 1.18 bits per heavy atom. The predicted octanol–water partition coefficient (Wildman–Crippen LogP) is 4.22. The van der Waals surface area contributed by atoms with Gasteiger partial charge in [-0.25, -0.2) is 4.68 Å². The van der Waals surface area contributed by atoms with E-state index in [1.165, 1.54) is 12.3 Å². The van der Waals surface area contributed by atoms with E-state index in [1.807, 2.05) is 0 Å². The van der Waals surface area contributed by atoms with Crippen molar-refractivity contribution in [2.75, 3.05) is 0 Å². The molecule has 0 spiro atoms. The fourth-order valence-electron chi connectivity index (χ4n) is 2.02. The number of carbonyl (C=O) groups is 1. The molecular weight excluding hydrogens is 368 g/mol. The zero-order chi connectivity index (χ0) is 15.7. The van der Waals surface area contributed by atoms with E-state index >= 15 is 0 Å². The number of benzene rings is 2. The van der Waals surface area contributed by atoms with Gasteiger partial charge in [-0.3, -0.25) is 4.79 Å². The van der Waals surface area contributed by atoms with Crippen LogP contribution in [0.4, 0.5) is 0 Å². The molecule has 1 N–H and O–H groups in total. The number of carbonyl (C=O) groups excluding carboxylic acids is 1. The molecule has 0 amide bonds. The van der Waals surface area contributed by atoms with Crippen molar-refractivity contribution in [1.29, 1.82) is 0 Å². The molecule has 0 saturated heterocycles. The second kappa shape index (κ2) is 5.94. The van der Waals surface area contributed by atoms with E-state index in [0.717, 1.165) is 10.2 Å². The smallest absolute Gasteiger partial charge is 0.199 e. The maximum atomic E-state index is 12.5. The zero-order valence-corrected chi connectivity index (χ0v) is 13.5. The predicted molar refractivity (Wildman–Crippen MR) is 87.8 cm³/mol. The Labute approximate surface area is 140 Å². The number of rotatable bonds is 3. The minimum absolute atomic E-state index is 0.0626. The highest BCUT2D eigenvalue weighted by atomic mass is 79.9. The summed E-state index contributed by atoms with van der Waals surface area (Å²) in [5.41, 5.74) is 1.41. The van der Waals surface area contributed by atoms with Crippen LogP contribution in [0, 0.1) is 0 Å². The van der Waals surface area contributed by atoms with E-state index in [4.69, 9.17) is 11.6 Å². The number of phenols is 1. The van der Waals surface area contributed by atoms with Gasteiger partial charge in [0.15, 0.2) is 5.78 Å². The lowest BCUT2D eigenvalue weighted by atomic mass is 10.1. The molecule has 2 aromatic carbocycles. The Kier molecular flexibility index (Phi) is 4.00. The van der Waals surface area contributed by atoms with Crippen LogP contribution < -0.4 is 0 Å². The Morgan fingerprint density at radius 2 is 1.91 bits per heavy atom. The van der Waals surface area contributed by atoms with Gasteiger partial charge in [-0.2, -0.15) is 5.10 Å². The lowest BCUT2D eigenvalue weighted by Gasteiger charge is -2.03. The summed E-state index contributed by atoms with van der Waals surface area (Å²) in [4.78, 5) is 12.5. The number of hydrogen-bond acceptors (Lipinski definition) is 3. The molecule has 0 aliphatic carbocycles. The van der Waals surface area contributed by atoms with Gasteiger partial charge in [0.25, 0.3) is 0 Å². The van der Waals surface area contributed by atoms with E-state index in [9.17, 15) is 9.90 Å². The second-order valence-corrected chi connectivity index (χ2v) is 5.99. The fourth-order valence-corrected chi connectivity index (χ4v) is 2.51. The fraction of sp³-hybridized carbons (Fsp3) is 0. The lowest BCUT2D eigenvalue weighted by Crippen LogP contribution is -2.00. The molecule has 4 nitrogen and oxygen atoms in total. The molecule has 22 heavy (non-hydrogen) atoms. The lowest BCUT2D eigenvalue weighted by molar-refractivity contribution is 0.103. The molecule has 0 unspecified atom stereocenters. The van der Waals surface area contributed by atoms with Gasteiger partial charge >= 0.3 is 0 Å². The van der Waals surface area contributed by atoms with Gasteiger partial charge in [0, 0.05) is 15.7 Å². The summed E-state index contributed by atoms with van der Waals surface area (Å²) >= 11 is 9.14. The first-order chi connectivity index (χ1) is 10.5. The van der Waals surface area contributed by atoms with Gasteiger partial charge in [-0.1, -0.05) is 27.5 Å². The number of phenolic OH excluding ortho intramolecular Hbond substituents is 1. The van der Waals surface area contributed by atoms with Gasteiger partial charge in [-0.15, -0.1) is 0 Å². The third-order valence-corrected chi connectivity index (χ3v) is 3.88. The van der Waals surface area contributed by atoms with E-state index < -0.39 is 0 Å². The molecular formula is C16H10BrClN2O2. The van der Waals surface area contributed by atoms with Crippen molar-refractivity contribution < 1.29 is 9.90 Å². The standard InChI is InChI=1S/C16H10BrClN2O2/c17-11-1-6-15(21)14(7-11)16(22)10-8-19-20(9-10)13-4-2-12(18)3-5-13/h1-9,21H. The Bertz CT molecular complexity index is 844. The van der Waals surface area contributed by atoms with Crippen LogP contribution in [-0.2, 0) is 0 Å². The molecule has 0 bridgehead atoms. The van der Waals surface area contributed by atoms with Crippen molar-refractivity contribution in [3.8, 4) is 11.4 Å². The first-order valence-electron chi connectivity index (χ1n) is 6.38. The minimum Gasteiger partial charge on any atom is -0.507 e. The highest BCUT2D eigenvalue weighted by Crippen LogP contribution is 2.24. The third-order valence-electron chi connectivity index (χ3n) is 3.14. The van der Waals surface area contributed by atoms with Gasteiger partial charge in [0.05, 0.1) is 23.0 Å². The van der Waals surface area contributed by atoms with Crippen molar-refractivity contribution in [3.63, 3.8) is 0 Å². The van der Waals surface area contributed by atoms with E-state index in [2.05, 4.69) is 21.0 Å². The van der Waals surface area contributed by atoms with E-state index in [1.54, 1.807) is 47.3 Å². The molecule has 0 atom stereocenters. The molecule has 1 heterocycles. The van der Waals surface area contributed by atoms with Crippen molar-refractivity contribution in [2.45, 2.75) is 0 Å². The van der Waals surface area contributed by atoms with Gasteiger partial charge in [0.2, 0.25) is 0 Å². The number of ketones is 1. The number of aromatic hydroxyl groups is 1. The first-order valence-corrected chi connectivity index (χ1v) is 7.55. The van der Waals surface area contributed by atoms with Crippen LogP contribution in [-0.4, -0.2) is 20.7 Å². The van der Waals surface area contributed by atoms with Gasteiger partial charge in [-0.05, 0) is 42.5 Å². The zero-order valence-electron chi connectivity index (χ0n) is 11.2. The Morgan fingerprint density at radius 3 is 2.64 bits per heavy atom. The maximum Gasteiger partial charge on any atom is 0.199 e. The maximum absolute atomic E-state index is 12.5. The van der Waals surface area contributed by atoms with Crippen LogP contribution in [0.25, 0.3) is 5.69 Å². The summed E-state index contributed by atoms with van der Waals surface area (Å²) in [6.45, 7) is 0. The Balaban J connectivity index is 1.95. The average molecular weight is 378 g/mol. The quantitative estimate of drug-likeness (QED) is 0.695. The molecule has 110 valence electrons. The van der Waals surface area contributed by atoms with Crippen LogP contribution in [0.3, 0.4) is 0 Å². The monoisotopic (exact) mass is 376 g/mol. The summed E-state index contributed by atoms with van der Waals surface area (Å²) in [6.07, 6.45) is 3.09. The highest BCUT2D eigenvalue weighted by molar-refractivity contribution is 9.10. The van der Waals surface area contributed by atoms with Crippen LogP contribution in [0.15, 0.2) is 59.3 Å². The van der Waals surface area contributed by atoms with Crippen molar-refractivity contribution in [3.05, 3.63) is 75.5 Å². The average Bonchev–Trinajstić information content (AvgIpc) is 2.99. The molecule has 0 saturated carbocycles. The molecule has 6 heteroatoms. The van der Waals surface area contributed by atoms with Crippen molar-refractivity contribution in [1.82, 2.24) is 9.78 Å². The molecule has 3 aromatic rings. The second-order valence-electron chi connectivity index (χ2n) is 4.64. The molecule has 0 fully saturated rings. The molecule has 0 radical (unpaired) electrons. The topological polar surface area (TPSA) is 55.1 Å².